The van der Waals surface area contributed by atoms with Crippen molar-refractivity contribution < 1.29 is 22.4 Å². The number of amides is 1. The summed E-state index contributed by atoms with van der Waals surface area (Å²) in [5, 5.41) is 0.505. The van der Waals surface area contributed by atoms with Crippen LogP contribution in [-0.2, 0) is 4.79 Å². The van der Waals surface area contributed by atoms with Crippen LogP contribution in [0.1, 0.15) is 19.9 Å². The SMILES string of the molecule is C=CC(=O)N1C[C@H](C)N(c2nc(=O)n3c4c(c(-c5cc(Cl)c(F)cc5F)c(Cl)cc24)SC[C@@H]3CN2CCN(CC(F)F)CC2)C[C@H]1C. The normalized spacial score (nSPS) is 22.4. The summed E-state index contributed by atoms with van der Waals surface area (Å²) in [6.45, 7) is 10.6. The maximum atomic E-state index is 15.3. The molecule has 8 nitrogen and oxygen atoms in total. The van der Waals surface area contributed by atoms with E-state index in [1.54, 1.807) is 20.4 Å². The number of aromatic nitrogens is 2. The molecule has 2 saturated heterocycles. The molecule has 3 aromatic rings. The summed E-state index contributed by atoms with van der Waals surface area (Å²) in [6, 6.07) is 2.82. The first kappa shape index (κ1) is 34.0. The summed E-state index contributed by atoms with van der Waals surface area (Å²) in [6.07, 6.45) is -1.12. The number of hydrogen-bond donors (Lipinski definition) is 0. The minimum absolute atomic E-state index is 0.00954. The zero-order valence-corrected chi connectivity index (χ0v) is 28.2. The summed E-state index contributed by atoms with van der Waals surface area (Å²) in [5.41, 5.74) is 0.345. The lowest BCUT2D eigenvalue weighted by molar-refractivity contribution is -0.128. The van der Waals surface area contributed by atoms with Crippen molar-refractivity contribution in [1.82, 2.24) is 24.3 Å². The molecule has 252 valence electrons. The number of carbonyl (C=O) groups excluding carboxylic acids is 1. The van der Waals surface area contributed by atoms with Gasteiger partial charge in [0.1, 0.15) is 17.5 Å². The third kappa shape index (κ3) is 6.49. The highest BCUT2D eigenvalue weighted by Crippen LogP contribution is 2.49. The van der Waals surface area contributed by atoms with Crippen LogP contribution in [0.2, 0.25) is 10.0 Å². The number of benzene rings is 2. The van der Waals surface area contributed by atoms with Crippen molar-refractivity contribution in [1.29, 1.82) is 0 Å². The second-order valence-corrected chi connectivity index (χ2v) is 14.1. The number of piperazine rings is 2. The van der Waals surface area contributed by atoms with E-state index in [1.165, 1.54) is 23.9 Å². The Morgan fingerprint density at radius 1 is 1.04 bits per heavy atom. The Morgan fingerprint density at radius 2 is 1.74 bits per heavy atom. The van der Waals surface area contributed by atoms with Crippen LogP contribution in [0.3, 0.4) is 0 Å². The maximum Gasteiger partial charge on any atom is 0.350 e. The summed E-state index contributed by atoms with van der Waals surface area (Å²) < 4.78 is 57.1. The van der Waals surface area contributed by atoms with Gasteiger partial charge in [-0.3, -0.25) is 19.2 Å². The van der Waals surface area contributed by atoms with Gasteiger partial charge in [0.15, 0.2) is 0 Å². The van der Waals surface area contributed by atoms with Gasteiger partial charge in [-0.25, -0.2) is 22.4 Å². The molecule has 3 aliphatic heterocycles. The number of rotatable bonds is 7. The Morgan fingerprint density at radius 3 is 2.43 bits per heavy atom. The van der Waals surface area contributed by atoms with E-state index in [1.807, 2.05) is 18.7 Å². The van der Waals surface area contributed by atoms with Crippen molar-refractivity contribution in [2.75, 3.05) is 63.0 Å². The molecular formula is C32H34Cl2F4N6O2S. The van der Waals surface area contributed by atoms with Crippen molar-refractivity contribution >= 4 is 57.6 Å². The Labute approximate surface area is 283 Å². The van der Waals surface area contributed by atoms with E-state index >= 15 is 4.39 Å². The van der Waals surface area contributed by atoms with E-state index < -0.39 is 23.7 Å². The molecule has 0 N–H and O–H groups in total. The van der Waals surface area contributed by atoms with Gasteiger partial charge in [0.2, 0.25) is 5.91 Å². The Hall–Kier alpha value is -2.84. The van der Waals surface area contributed by atoms with Crippen LogP contribution >= 0.6 is 35.0 Å². The average molecular weight is 714 g/mol. The average Bonchev–Trinajstić information content (AvgIpc) is 3.02. The molecule has 3 atom stereocenters. The molecule has 0 unspecified atom stereocenters. The number of alkyl halides is 2. The van der Waals surface area contributed by atoms with Crippen molar-refractivity contribution in [2.45, 2.75) is 43.3 Å². The molecule has 0 saturated carbocycles. The number of thioether (sulfide) groups is 1. The summed E-state index contributed by atoms with van der Waals surface area (Å²) in [4.78, 5) is 39.4. The molecule has 0 bridgehead atoms. The molecular weight excluding hydrogens is 679 g/mol. The molecule has 1 aromatic heterocycles. The smallest absolute Gasteiger partial charge is 0.349 e. The lowest BCUT2D eigenvalue weighted by Crippen LogP contribution is -2.58. The van der Waals surface area contributed by atoms with Gasteiger partial charge in [-0.2, -0.15) is 4.98 Å². The quantitative estimate of drug-likeness (QED) is 0.175. The summed E-state index contributed by atoms with van der Waals surface area (Å²) >= 11 is 14.4. The van der Waals surface area contributed by atoms with Gasteiger partial charge in [0.25, 0.3) is 6.43 Å². The van der Waals surface area contributed by atoms with Crippen molar-refractivity contribution in [2.24, 2.45) is 0 Å². The van der Waals surface area contributed by atoms with E-state index in [0.29, 0.717) is 84.8 Å². The number of carbonyl (C=O) groups is 1. The molecule has 0 radical (unpaired) electrons. The molecule has 1 amide bonds. The number of hydrogen-bond acceptors (Lipinski definition) is 7. The van der Waals surface area contributed by atoms with Crippen LogP contribution in [-0.4, -0.2) is 107 Å². The van der Waals surface area contributed by atoms with Gasteiger partial charge in [-0.05, 0) is 32.1 Å². The predicted octanol–water partition coefficient (Wildman–Crippen LogP) is 5.79. The monoisotopic (exact) mass is 712 g/mol. The Bertz CT molecular complexity index is 1790. The van der Waals surface area contributed by atoms with Gasteiger partial charge in [-0.15, -0.1) is 11.8 Å². The van der Waals surface area contributed by atoms with Crippen LogP contribution < -0.4 is 10.6 Å². The molecule has 15 heteroatoms. The van der Waals surface area contributed by atoms with Crippen molar-refractivity contribution in [3.8, 4) is 11.1 Å². The van der Waals surface area contributed by atoms with Gasteiger partial charge < -0.3 is 9.80 Å². The minimum atomic E-state index is -2.40. The molecule has 2 fully saturated rings. The fourth-order valence-electron chi connectivity index (χ4n) is 6.87. The van der Waals surface area contributed by atoms with Gasteiger partial charge in [-0.1, -0.05) is 29.8 Å². The first-order chi connectivity index (χ1) is 22.4. The summed E-state index contributed by atoms with van der Waals surface area (Å²) in [5.74, 6) is -1.10. The molecule has 4 heterocycles. The Kier molecular flexibility index (Phi) is 9.84. The highest BCUT2D eigenvalue weighted by Gasteiger charge is 2.36. The maximum absolute atomic E-state index is 15.3. The molecule has 2 aromatic carbocycles. The predicted molar refractivity (Wildman–Crippen MR) is 178 cm³/mol. The third-order valence-electron chi connectivity index (χ3n) is 9.21. The molecule has 47 heavy (non-hydrogen) atoms. The first-order valence-electron chi connectivity index (χ1n) is 15.4. The van der Waals surface area contributed by atoms with Crippen LogP contribution in [0.4, 0.5) is 23.4 Å². The first-order valence-corrected chi connectivity index (χ1v) is 17.1. The van der Waals surface area contributed by atoms with Crippen LogP contribution in [0.5, 0.6) is 0 Å². The van der Waals surface area contributed by atoms with Crippen molar-refractivity contribution in [3.05, 3.63) is 63.0 Å². The van der Waals surface area contributed by atoms with E-state index in [9.17, 15) is 22.8 Å². The fourth-order valence-corrected chi connectivity index (χ4v) is 8.72. The van der Waals surface area contributed by atoms with E-state index in [4.69, 9.17) is 23.2 Å². The Balaban J connectivity index is 1.47. The van der Waals surface area contributed by atoms with E-state index in [2.05, 4.69) is 16.5 Å². The van der Waals surface area contributed by atoms with Crippen LogP contribution in [0.25, 0.3) is 22.0 Å². The zero-order chi connectivity index (χ0) is 33.7. The zero-order valence-electron chi connectivity index (χ0n) is 25.9. The second-order valence-electron chi connectivity index (χ2n) is 12.3. The highest BCUT2D eigenvalue weighted by atomic mass is 35.5. The van der Waals surface area contributed by atoms with Crippen molar-refractivity contribution in [3.63, 3.8) is 0 Å². The third-order valence-corrected chi connectivity index (χ3v) is 11.0. The highest BCUT2D eigenvalue weighted by molar-refractivity contribution is 7.99. The van der Waals surface area contributed by atoms with Gasteiger partial charge in [0.05, 0.1) is 28.1 Å². The molecule has 6 rings (SSSR count). The lowest BCUT2D eigenvalue weighted by Gasteiger charge is -2.45. The molecule has 0 aliphatic carbocycles. The van der Waals surface area contributed by atoms with Crippen LogP contribution in [0.15, 0.2) is 40.5 Å². The number of nitrogens with zero attached hydrogens (tertiary/aromatic N) is 6. The van der Waals surface area contributed by atoms with E-state index in [-0.39, 0.29) is 46.2 Å². The molecule has 0 spiro atoms. The number of anilines is 1. The summed E-state index contributed by atoms with van der Waals surface area (Å²) in [7, 11) is 0. The minimum Gasteiger partial charge on any atom is -0.349 e. The lowest BCUT2D eigenvalue weighted by atomic mass is 10.0. The van der Waals surface area contributed by atoms with E-state index in [0.717, 1.165) is 0 Å². The topological polar surface area (TPSA) is 64.9 Å². The number of halogens is 6. The fraction of sp³-hybridized carbons (Fsp3) is 0.469. The second kappa shape index (κ2) is 13.6. The van der Waals surface area contributed by atoms with Gasteiger partial charge >= 0.3 is 5.69 Å². The van der Waals surface area contributed by atoms with Crippen LogP contribution in [0, 0.1) is 11.6 Å². The van der Waals surface area contributed by atoms with Gasteiger partial charge in [0, 0.05) is 91.1 Å². The largest absolute Gasteiger partial charge is 0.350 e. The molecule has 3 aliphatic rings. The standard InChI is InChI=1S/C32H34Cl2F4N6O2S/c1-4-27(45)42-12-18(3)43(13-17(42)2)31-21-10-23(34)28(20-9-22(33)25(36)11-24(20)35)30-29(21)44(32(46)39-31)19(16-47-30)14-40-5-7-41(8-6-40)15-26(37)38/h4,9-11,17-19,26H,1,5-8,12-16H2,2-3H3/t17-,18+,19+/m1/s1.